The highest BCUT2D eigenvalue weighted by Gasteiger charge is 2.25. The highest BCUT2D eigenvalue weighted by molar-refractivity contribution is 5.85. The van der Waals surface area contributed by atoms with Crippen LogP contribution in [0.4, 0.5) is 10.1 Å². The maximum Gasteiger partial charge on any atom is 0.222 e. The first-order valence-corrected chi connectivity index (χ1v) is 8.31. The van der Waals surface area contributed by atoms with Gasteiger partial charge in [0, 0.05) is 52.2 Å². The maximum atomic E-state index is 13.8. The Labute approximate surface area is 160 Å². The summed E-state index contributed by atoms with van der Waals surface area (Å²) >= 11 is 0. The minimum atomic E-state index is -0.517. The standard InChI is InChI=1S/C17H24FN3O2.2ClH/c18-15-4-1-2-5-16(15)20-10-8-19(9-11-20)12-14(22)13-21-7-3-6-17(21)23;;/h1-2,4-5,14,22H,3,6-13H2;2*1H. The lowest BCUT2D eigenvalue weighted by Crippen LogP contribution is -2.50. The average Bonchev–Trinajstić information content (AvgIpc) is 2.94. The molecule has 25 heavy (non-hydrogen) atoms. The van der Waals surface area contributed by atoms with Crippen LogP contribution in [0.5, 0.6) is 0 Å². The number of benzene rings is 1. The number of halogens is 3. The Morgan fingerprint density at radius 2 is 1.72 bits per heavy atom. The van der Waals surface area contributed by atoms with Gasteiger partial charge in [-0.1, -0.05) is 12.1 Å². The second kappa shape index (κ2) is 10.2. The molecule has 0 saturated carbocycles. The smallest absolute Gasteiger partial charge is 0.222 e. The Hall–Kier alpha value is -1.08. The summed E-state index contributed by atoms with van der Waals surface area (Å²) < 4.78 is 13.8. The van der Waals surface area contributed by atoms with Crippen LogP contribution in [0.15, 0.2) is 24.3 Å². The van der Waals surface area contributed by atoms with Gasteiger partial charge in [0.05, 0.1) is 11.8 Å². The third-order valence-electron chi connectivity index (χ3n) is 4.64. The van der Waals surface area contributed by atoms with Crippen molar-refractivity contribution in [1.82, 2.24) is 9.80 Å². The number of hydrogen-bond acceptors (Lipinski definition) is 4. The largest absolute Gasteiger partial charge is 0.390 e. The quantitative estimate of drug-likeness (QED) is 0.827. The zero-order valence-electron chi connectivity index (χ0n) is 14.1. The Balaban J connectivity index is 0.00000156. The van der Waals surface area contributed by atoms with E-state index in [-0.39, 0.29) is 36.5 Å². The van der Waals surface area contributed by atoms with Crippen LogP contribution in [0.1, 0.15) is 12.8 Å². The van der Waals surface area contributed by atoms with Gasteiger partial charge in [-0.3, -0.25) is 9.69 Å². The van der Waals surface area contributed by atoms with E-state index in [4.69, 9.17) is 0 Å². The van der Waals surface area contributed by atoms with Crippen LogP contribution in [0.2, 0.25) is 0 Å². The first-order chi connectivity index (χ1) is 11.1. The monoisotopic (exact) mass is 393 g/mol. The molecule has 2 fully saturated rings. The number of carbonyl (C=O) groups excluding carboxylic acids is 1. The summed E-state index contributed by atoms with van der Waals surface area (Å²) in [7, 11) is 0. The lowest BCUT2D eigenvalue weighted by Gasteiger charge is -2.37. The summed E-state index contributed by atoms with van der Waals surface area (Å²) in [6, 6.07) is 6.84. The predicted molar refractivity (Wildman–Crippen MR) is 101 cm³/mol. The van der Waals surface area contributed by atoms with Crippen LogP contribution in [0.25, 0.3) is 0 Å². The summed E-state index contributed by atoms with van der Waals surface area (Å²) in [6.07, 6.45) is 0.984. The molecule has 0 aromatic heterocycles. The number of aliphatic hydroxyl groups is 1. The topological polar surface area (TPSA) is 47.0 Å². The summed E-state index contributed by atoms with van der Waals surface area (Å²) in [5.74, 6) is -0.0399. The average molecular weight is 394 g/mol. The van der Waals surface area contributed by atoms with Gasteiger partial charge in [-0.15, -0.1) is 24.8 Å². The van der Waals surface area contributed by atoms with Gasteiger partial charge in [-0.2, -0.15) is 0 Å². The molecule has 5 nitrogen and oxygen atoms in total. The lowest BCUT2D eigenvalue weighted by atomic mass is 10.2. The van der Waals surface area contributed by atoms with E-state index in [9.17, 15) is 14.3 Å². The fourth-order valence-corrected chi connectivity index (χ4v) is 3.39. The molecule has 142 valence electrons. The van der Waals surface area contributed by atoms with Crippen molar-refractivity contribution in [2.75, 3.05) is 50.7 Å². The van der Waals surface area contributed by atoms with Gasteiger partial charge in [-0.05, 0) is 18.6 Å². The van der Waals surface area contributed by atoms with Gasteiger partial charge in [0.1, 0.15) is 5.82 Å². The molecule has 0 spiro atoms. The molecule has 3 rings (SSSR count). The Bertz CT molecular complexity index is 556. The van der Waals surface area contributed by atoms with Crippen molar-refractivity contribution in [3.05, 3.63) is 30.1 Å². The molecular formula is C17H26Cl2FN3O2. The molecule has 2 aliphatic heterocycles. The molecule has 1 atom stereocenters. The van der Waals surface area contributed by atoms with Crippen molar-refractivity contribution in [1.29, 1.82) is 0 Å². The van der Waals surface area contributed by atoms with E-state index < -0.39 is 6.10 Å². The molecule has 2 heterocycles. The number of anilines is 1. The van der Waals surface area contributed by atoms with Crippen LogP contribution in [-0.4, -0.2) is 72.7 Å². The molecule has 0 aliphatic carbocycles. The van der Waals surface area contributed by atoms with Gasteiger partial charge in [0.2, 0.25) is 5.91 Å². The van der Waals surface area contributed by atoms with E-state index in [1.165, 1.54) is 6.07 Å². The predicted octanol–water partition coefficient (Wildman–Crippen LogP) is 1.77. The minimum Gasteiger partial charge on any atom is -0.390 e. The van der Waals surface area contributed by atoms with E-state index in [0.717, 1.165) is 39.1 Å². The van der Waals surface area contributed by atoms with Crippen molar-refractivity contribution >= 4 is 36.4 Å². The molecule has 0 bridgehead atoms. The molecule has 8 heteroatoms. The SMILES string of the molecule is Cl.Cl.O=C1CCCN1CC(O)CN1CCN(c2ccccc2F)CC1. The molecule has 1 N–H and O–H groups in total. The van der Waals surface area contributed by atoms with Crippen molar-refractivity contribution in [3.63, 3.8) is 0 Å². The van der Waals surface area contributed by atoms with Crippen LogP contribution >= 0.6 is 24.8 Å². The van der Waals surface area contributed by atoms with Crippen molar-refractivity contribution in [2.45, 2.75) is 18.9 Å². The molecule has 1 amide bonds. The van der Waals surface area contributed by atoms with E-state index >= 15 is 0 Å². The number of piperazine rings is 1. The number of hydrogen-bond donors (Lipinski definition) is 1. The van der Waals surface area contributed by atoms with Gasteiger partial charge >= 0.3 is 0 Å². The van der Waals surface area contributed by atoms with E-state index in [1.807, 2.05) is 11.0 Å². The van der Waals surface area contributed by atoms with E-state index in [1.54, 1.807) is 17.0 Å². The number of carbonyl (C=O) groups is 1. The molecule has 1 unspecified atom stereocenters. The van der Waals surface area contributed by atoms with Crippen molar-refractivity contribution in [3.8, 4) is 0 Å². The normalized spacial score (nSPS) is 19.4. The number of likely N-dealkylation sites (tertiary alicyclic amines) is 1. The first kappa shape index (κ1) is 22.0. The number of aliphatic hydroxyl groups excluding tert-OH is 1. The second-order valence-electron chi connectivity index (χ2n) is 6.34. The fourth-order valence-electron chi connectivity index (χ4n) is 3.39. The van der Waals surface area contributed by atoms with Gasteiger partial charge in [-0.25, -0.2) is 4.39 Å². The Kier molecular flexibility index (Phi) is 8.93. The number of nitrogens with zero attached hydrogens (tertiary/aromatic N) is 3. The van der Waals surface area contributed by atoms with Crippen molar-refractivity contribution < 1.29 is 14.3 Å². The third-order valence-corrected chi connectivity index (χ3v) is 4.64. The van der Waals surface area contributed by atoms with Crippen LogP contribution in [0.3, 0.4) is 0 Å². The fraction of sp³-hybridized carbons (Fsp3) is 0.588. The number of rotatable bonds is 5. The van der Waals surface area contributed by atoms with Crippen LogP contribution in [0, 0.1) is 5.82 Å². The van der Waals surface area contributed by atoms with Crippen LogP contribution in [-0.2, 0) is 4.79 Å². The van der Waals surface area contributed by atoms with E-state index in [0.29, 0.717) is 25.2 Å². The summed E-state index contributed by atoms with van der Waals surface area (Å²) in [5, 5.41) is 10.2. The molecule has 1 aromatic carbocycles. The first-order valence-electron chi connectivity index (χ1n) is 8.31. The third kappa shape index (κ3) is 5.71. The number of para-hydroxylation sites is 1. The molecule has 2 aliphatic rings. The second-order valence-corrected chi connectivity index (χ2v) is 6.34. The highest BCUT2D eigenvalue weighted by Crippen LogP contribution is 2.20. The molecule has 1 aromatic rings. The van der Waals surface area contributed by atoms with Gasteiger partial charge in [0.25, 0.3) is 0 Å². The Morgan fingerprint density at radius 3 is 2.32 bits per heavy atom. The van der Waals surface area contributed by atoms with E-state index in [2.05, 4.69) is 4.90 Å². The van der Waals surface area contributed by atoms with Crippen LogP contribution < -0.4 is 4.90 Å². The molecule has 0 radical (unpaired) electrons. The summed E-state index contributed by atoms with van der Waals surface area (Å²) in [4.78, 5) is 17.6. The molecule has 2 saturated heterocycles. The zero-order valence-corrected chi connectivity index (χ0v) is 15.8. The summed E-state index contributed by atoms with van der Waals surface area (Å²) in [6.45, 7) is 4.82. The van der Waals surface area contributed by atoms with Crippen molar-refractivity contribution in [2.24, 2.45) is 0 Å². The van der Waals surface area contributed by atoms with Gasteiger partial charge < -0.3 is 14.9 Å². The zero-order chi connectivity index (χ0) is 16.2. The summed E-state index contributed by atoms with van der Waals surface area (Å²) in [5.41, 5.74) is 0.648. The minimum absolute atomic E-state index is 0. The maximum absolute atomic E-state index is 13.8. The molecular weight excluding hydrogens is 368 g/mol. The van der Waals surface area contributed by atoms with Gasteiger partial charge in [0.15, 0.2) is 0 Å². The number of β-amino-alcohol motifs (C(OH)–C–C–N with tert-alkyl or cyclic N) is 1. The lowest BCUT2D eigenvalue weighted by molar-refractivity contribution is -0.129. The Morgan fingerprint density at radius 1 is 1.04 bits per heavy atom. The number of amides is 1. The highest BCUT2D eigenvalue weighted by atomic mass is 35.5.